The van der Waals surface area contributed by atoms with E-state index >= 15 is 0 Å². The van der Waals surface area contributed by atoms with E-state index in [4.69, 9.17) is 17.3 Å². The van der Waals surface area contributed by atoms with Gasteiger partial charge in [-0.3, -0.25) is 0 Å². The second-order valence-corrected chi connectivity index (χ2v) is 8.62. The molecule has 1 aliphatic carbocycles. The summed E-state index contributed by atoms with van der Waals surface area (Å²) in [6, 6.07) is 11.3. The summed E-state index contributed by atoms with van der Waals surface area (Å²) in [5, 5.41) is 25.2. The number of rotatable bonds is 3. The molecule has 0 fully saturated rings. The van der Waals surface area contributed by atoms with Crippen molar-refractivity contribution in [3.05, 3.63) is 100.0 Å². The van der Waals surface area contributed by atoms with Crippen molar-refractivity contribution in [3.63, 3.8) is 0 Å². The van der Waals surface area contributed by atoms with Gasteiger partial charge in [-0.15, -0.1) is 0 Å². The number of benzene rings is 2. The fourth-order valence-electron chi connectivity index (χ4n) is 4.47. The van der Waals surface area contributed by atoms with Crippen LogP contribution in [0.4, 0.5) is 18.9 Å². The maximum atomic E-state index is 13.1. The average Bonchev–Trinajstić information content (AvgIpc) is 3.41. The molecule has 1 unspecified atom stereocenters. The topological polar surface area (TPSA) is 91.0 Å². The average molecular weight is 487 g/mol. The van der Waals surface area contributed by atoms with E-state index in [1.165, 1.54) is 35.3 Å². The highest BCUT2D eigenvalue weighted by atomic mass is 35.5. The number of nitrogens with two attached hydrogens (primary N) is 1. The van der Waals surface area contributed by atoms with Crippen molar-refractivity contribution in [2.24, 2.45) is 0 Å². The van der Waals surface area contributed by atoms with Crippen LogP contribution in [0, 0.1) is 5.21 Å². The smallest absolute Gasteiger partial charge is 0.416 e. The van der Waals surface area contributed by atoms with Crippen LogP contribution in [0.5, 0.6) is 0 Å². The summed E-state index contributed by atoms with van der Waals surface area (Å²) < 4.78 is 40.9. The van der Waals surface area contributed by atoms with E-state index in [9.17, 15) is 23.5 Å². The van der Waals surface area contributed by atoms with Gasteiger partial charge < -0.3 is 20.6 Å². The predicted octanol–water partition coefficient (Wildman–Crippen LogP) is 4.61. The minimum atomic E-state index is -4.46. The quantitative estimate of drug-likeness (QED) is 0.251. The number of hydrogen-bond acceptors (Lipinski definition) is 4. The van der Waals surface area contributed by atoms with Crippen molar-refractivity contribution >= 4 is 17.3 Å². The zero-order valence-corrected chi connectivity index (χ0v) is 18.3. The Morgan fingerprint density at radius 2 is 1.88 bits per heavy atom. The van der Waals surface area contributed by atoms with Crippen molar-refractivity contribution in [2.45, 2.75) is 24.6 Å². The van der Waals surface area contributed by atoms with Gasteiger partial charge >= 0.3 is 6.18 Å². The Labute approximate surface area is 197 Å². The van der Waals surface area contributed by atoms with Crippen molar-refractivity contribution in [1.29, 1.82) is 0 Å². The summed E-state index contributed by atoms with van der Waals surface area (Å²) in [5.41, 5.74) is 6.28. The lowest BCUT2D eigenvalue weighted by molar-refractivity contribution is -0.620. The molecule has 3 N–H and O–H groups in total. The summed E-state index contributed by atoms with van der Waals surface area (Å²) >= 11 is 6.09. The molecular weight excluding hydrogens is 469 g/mol. The maximum absolute atomic E-state index is 13.1. The number of alkyl halides is 3. The molecule has 0 saturated heterocycles. The van der Waals surface area contributed by atoms with E-state index in [-0.39, 0.29) is 17.9 Å². The second-order valence-electron chi connectivity index (χ2n) is 8.19. The van der Waals surface area contributed by atoms with Gasteiger partial charge in [-0.1, -0.05) is 11.6 Å². The number of aliphatic hydroxyl groups is 1. The second kappa shape index (κ2) is 7.75. The van der Waals surface area contributed by atoms with Crippen LogP contribution in [-0.2, 0) is 18.2 Å². The first-order chi connectivity index (χ1) is 16.1. The molecule has 0 amide bonds. The van der Waals surface area contributed by atoms with Gasteiger partial charge in [0.05, 0.1) is 5.56 Å². The van der Waals surface area contributed by atoms with Crippen LogP contribution < -0.4 is 10.5 Å². The van der Waals surface area contributed by atoms with E-state index < -0.39 is 17.3 Å². The van der Waals surface area contributed by atoms with Crippen LogP contribution in [0.3, 0.4) is 0 Å². The molecule has 2 aromatic heterocycles. The lowest BCUT2D eigenvalue weighted by atomic mass is 9.98. The number of aromatic nitrogens is 3. The lowest BCUT2D eigenvalue weighted by Gasteiger charge is -2.23. The van der Waals surface area contributed by atoms with Gasteiger partial charge in [0.25, 0.3) is 0 Å². The fourth-order valence-corrected chi connectivity index (χ4v) is 4.64. The zero-order chi connectivity index (χ0) is 24.3. The van der Waals surface area contributed by atoms with Gasteiger partial charge in [-0.2, -0.15) is 17.9 Å². The highest BCUT2D eigenvalue weighted by molar-refractivity contribution is 6.31. The Kier molecular flexibility index (Phi) is 5.07. The standard InChI is InChI=1S/C24H18ClF3N4O2/c25-17-3-6-20(29)19(12-17)15-11-14-7-8-23(33,21(14)32(34)13-15)22-30-9-10-31(22)18-4-1-16(2-5-18)24(26,27)28/h1-6,9-13,33H,7-8,29H2. The van der Waals surface area contributed by atoms with E-state index in [1.54, 1.807) is 24.3 Å². The van der Waals surface area contributed by atoms with Crippen LogP contribution in [0.25, 0.3) is 16.8 Å². The summed E-state index contributed by atoms with van der Waals surface area (Å²) in [5.74, 6) is 0.144. The molecular formula is C24H18ClF3N4O2. The molecule has 2 heterocycles. The Bertz CT molecular complexity index is 1400. The fraction of sp³-hybridized carbons (Fsp3) is 0.167. The van der Waals surface area contributed by atoms with Crippen LogP contribution in [0.1, 0.15) is 29.1 Å². The molecule has 6 nitrogen and oxygen atoms in total. The molecule has 0 saturated carbocycles. The third kappa shape index (κ3) is 3.57. The maximum Gasteiger partial charge on any atom is 0.416 e. The number of nitrogens with zero attached hydrogens (tertiary/aromatic N) is 3. The van der Waals surface area contributed by atoms with Gasteiger partial charge in [0.2, 0.25) is 11.3 Å². The van der Waals surface area contributed by atoms with Gasteiger partial charge in [-0.05, 0) is 61.4 Å². The number of halogens is 4. The van der Waals surface area contributed by atoms with Gasteiger partial charge in [0, 0.05) is 45.5 Å². The molecule has 2 aromatic carbocycles. The first-order valence-electron chi connectivity index (χ1n) is 10.3. The lowest BCUT2D eigenvalue weighted by Crippen LogP contribution is -2.42. The van der Waals surface area contributed by atoms with Crippen molar-refractivity contribution in [1.82, 2.24) is 9.55 Å². The number of anilines is 1. The molecule has 10 heteroatoms. The molecule has 0 radical (unpaired) electrons. The van der Waals surface area contributed by atoms with Crippen LogP contribution >= 0.6 is 11.6 Å². The minimum absolute atomic E-state index is 0.121. The van der Waals surface area contributed by atoms with E-state index in [1.807, 2.05) is 0 Å². The molecule has 174 valence electrons. The number of pyridine rings is 1. The number of nitrogen functional groups attached to an aromatic ring is 1. The normalized spacial score (nSPS) is 17.7. The first kappa shape index (κ1) is 22.2. The van der Waals surface area contributed by atoms with E-state index in [0.29, 0.717) is 44.2 Å². The molecule has 0 spiro atoms. The third-order valence-corrected chi connectivity index (χ3v) is 6.30. The van der Waals surface area contributed by atoms with Crippen LogP contribution in [0.15, 0.2) is 67.1 Å². The molecule has 5 rings (SSSR count). The first-order valence-corrected chi connectivity index (χ1v) is 10.7. The van der Waals surface area contributed by atoms with Crippen molar-refractivity contribution < 1.29 is 23.0 Å². The molecule has 34 heavy (non-hydrogen) atoms. The number of aryl methyl sites for hydroxylation is 1. The van der Waals surface area contributed by atoms with Gasteiger partial charge in [0.1, 0.15) is 0 Å². The largest absolute Gasteiger partial charge is 0.618 e. The molecule has 4 aromatic rings. The summed E-state index contributed by atoms with van der Waals surface area (Å²) in [6.45, 7) is 0. The summed E-state index contributed by atoms with van der Waals surface area (Å²) in [4.78, 5) is 4.26. The minimum Gasteiger partial charge on any atom is -0.618 e. The third-order valence-electron chi connectivity index (χ3n) is 6.07. The molecule has 0 bridgehead atoms. The van der Waals surface area contributed by atoms with E-state index in [0.717, 1.165) is 12.1 Å². The van der Waals surface area contributed by atoms with Crippen LogP contribution in [0.2, 0.25) is 5.02 Å². The Morgan fingerprint density at radius 3 is 2.59 bits per heavy atom. The van der Waals surface area contributed by atoms with Crippen LogP contribution in [-0.4, -0.2) is 14.7 Å². The highest BCUT2D eigenvalue weighted by Crippen LogP contribution is 2.42. The SMILES string of the molecule is Nc1ccc(Cl)cc1-c1cc2c([n+]([O-])c1)C(O)(c1nccn1-c1ccc(C(F)(F)F)cc1)CC2. The number of hydrogen-bond donors (Lipinski definition) is 2. The Morgan fingerprint density at radius 1 is 1.15 bits per heavy atom. The number of fused-ring (bicyclic) bond motifs is 1. The monoisotopic (exact) mass is 486 g/mol. The van der Waals surface area contributed by atoms with Crippen molar-refractivity contribution in [2.75, 3.05) is 5.73 Å². The highest BCUT2D eigenvalue weighted by Gasteiger charge is 2.49. The van der Waals surface area contributed by atoms with Crippen molar-refractivity contribution in [3.8, 4) is 16.8 Å². The van der Waals surface area contributed by atoms with Gasteiger partial charge in [-0.25, -0.2) is 4.98 Å². The number of imidazole rings is 1. The summed E-state index contributed by atoms with van der Waals surface area (Å²) in [6.07, 6.45) is 0.391. The Hall–Kier alpha value is -3.56. The predicted molar refractivity (Wildman–Crippen MR) is 120 cm³/mol. The van der Waals surface area contributed by atoms with Gasteiger partial charge in [0.15, 0.2) is 12.0 Å². The zero-order valence-electron chi connectivity index (χ0n) is 17.6. The molecule has 1 atom stereocenters. The molecule has 0 aliphatic heterocycles. The molecule has 1 aliphatic rings. The summed E-state index contributed by atoms with van der Waals surface area (Å²) in [7, 11) is 0. The van der Waals surface area contributed by atoms with E-state index in [2.05, 4.69) is 4.98 Å². The Balaban J connectivity index is 1.58.